The summed E-state index contributed by atoms with van der Waals surface area (Å²) in [7, 11) is 0. The van der Waals surface area contributed by atoms with Crippen molar-refractivity contribution in [2.45, 2.75) is 47.0 Å². The van der Waals surface area contributed by atoms with E-state index in [1.54, 1.807) is 19.1 Å². The van der Waals surface area contributed by atoms with Crippen molar-refractivity contribution in [3.8, 4) is 11.6 Å². The van der Waals surface area contributed by atoms with Gasteiger partial charge in [0.05, 0.1) is 11.6 Å². The van der Waals surface area contributed by atoms with E-state index in [1.807, 2.05) is 37.5 Å². The standard InChI is InChI=1S/C22H22ClF3N2O3/c1-12(2)10-28-14(4)13(3)18-17(31-21(29)22(24,25)26)9-27-20(19(18)28)30-11-15-5-7-16(23)8-6-15/h5-9,12H,10-11H2,1-4H3. The molecule has 2 heterocycles. The van der Waals surface area contributed by atoms with Gasteiger partial charge in [-0.25, -0.2) is 9.78 Å². The summed E-state index contributed by atoms with van der Waals surface area (Å²) in [6, 6.07) is 7.09. The third-order valence-corrected chi connectivity index (χ3v) is 5.10. The number of rotatable bonds is 6. The Morgan fingerprint density at radius 3 is 2.42 bits per heavy atom. The number of hydrogen-bond donors (Lipinski definition) is 0. The summed E-state index contributed by atoms with van der Waals surface area (Å²) in [5, 5.41) is 0.967. The zero-order valence-electron chi connectivity index (χ0n) is 17.5. The van der Waals surface area contributed by atoms with Crippen LogP contribution in [0.25, 0.3) is 10.9 Å². The van der Waals surface area contributed by atoms with Gasteiger partial charge in [-0.05, 0) is 43.0 Å². The molecule has 0 bridgehead atoms. The third kappa shape index (κ3) is 4.95. The second-order valence-electron chi connectivity index (χ2n) is 7.67. The monoisotopic (exact) mass is 454 g/mol. The van der Waals surface area contributed by atoms with Gasteiger partial charge < -0.3 is 14.0 Å². The van der Waals surface area contributed by atoms with E-state index in [0.717, 1.165) is 17.5 Å². The lowest BCUT2D eigenvalue weighted by Crippen LogP contribution is -2.28. The summed E-state index contributed by atoms with van der Waals surface area (Å²) in [4.78, 5) is 15.6. The van der Waals surface area contributed by atoms with Crippen LogP contribution in [0, 0.1) is 19.8 Å². The summed E-state index contributed by atoms with van der Waals surface area (Å²) < 4.78 is 50.8. The average Bonchev–Trinajstić information content (AvgIpc) is 2.93. The molecule has 0 saturated carbocycles. The average molecular weight is 455 g/mol. The zero-order chi connectivity index (χ0) is 22.9. The van der Waals surface area contributed by atoms with Gasteiger partial charge in [-0.2, -0.15) is 13.2 Å². The summed E-state index contributed by atoms with van der Waals surface area (Å²) in [6.07, 6.45) is -4.02. The predicted octanol–water partition coefficient (Wildman–Crippen LogP) is 6.01. The fourth-order valence-corrected chi connectivity index (χ4v) is 3.42. The van der Waals surface area contributed by atoms with E-state index in [-0.39, 0.29) is 24.2 Å². The van der Waals surface area contributed by atoms with Crippen molar-refractivity contribution in [1.29, 1.82) is 0 Å². The summed E-state index contributed by atoms with van der Waals surface area (Å²) in [5.74, 6) is -2.05. The smallest absolute Gasteiger partial charge is 0.471 e. The SMILES string of the molecule is Cc1c(C)n(CC(C)C)c2c(OCc3ccc(Cl)cc3)ncc(OC(=O)C(F)(F)F)c12. The number of carbonyl (C=O) groups excluding carboxylic acids is 1. The van der Waals surface area contributed by atoms with Gasteiger partial charge in [0.25, 0.3) is 0 Å². The number of halogens is 4. The van der Waals surface area contributed by atoms with Gasteiger partial charge in [-0.1, -0.05) is 37.6 Å². The number of aromatic nitrogens is 2. The van der Waals surface area contributed by atoms with Crippen LogP contribution in [0.1, 0.15) is 30.7 Å². The van der Waals surface area contributed by atoms with Crippen molar-refractivity contribution in [3.63, 3.8) is 0 Å². The van der Waals surface area contributed by atoms with Crippen LogP contribution in [0.3, 0.4) is 0 Å². The number of nitrogens with zero attached hydrogens (tertiary/aromatic N) is 2. The largest absolute Gasteiger partial charge is 0.491 e. The maximum Gasteiger partial charge on any atom is 0.491 e. The number of alkyl halides is 3. The Balaban J connectivity index is 2.09. The van der Waals surface area contributed by atoms with Crippen LogP contribution in [0.2, 0.25) is 5.02 Å². The molecule has 0 spiro atoms. The molecule has 1 aromatic carbocycles. The highest BCUT2D eigenvalue weighted by molar-refractivity contribution is 6.30. The second-order valence-corrected chi connectivity index (χ2v) is 8.10. The molecule has 0 aliphatic rings. The van der Waals surface area contributed by atoms with E-state index in [9.17, 15) is 18.0 Å². The number of aryl methyl sites for hydroxylation is 1. The fourth-order valence-electron chi connectivity index (χ4n) is 3.30. The minimum absolute atomic E-state index is 0.186. The predicted molar refractivity (Wildman–Crippen MR) is 112 cm³/mol. The van der Waals surface area contributed by atoms with Crippen molar-refractivity contribution >= 4 is 28.5 Å². The Hall–Kier alpha value is -2.74. The minimum Gasteiger partial charge on any atom is -0.471 e. The Morgan fingerprint density at radius 2 is 1.84 bits per heavy atom. The molecule has 0 saturated heterocycles. The van der Waals surface area contributed by atoms with Gasteiger partial charge in [0.15, 0.2) is 5.75 Å². The Bertz CT molecular complexity index is 1110. The molecule has 0 amide bonds. The Labute approximate surface area is 182 Å². The lowest BCUT2D eigenvalue weighted by Gasteiger charge is -2.15. The first-order valence-electron chi connectivity index (χ1n) is 9.63. The highest BCUT2D eigenvalue weighted by atomic mass is 35.5. The molecule has 0 fully saturated rings. The molecule has 3 aromatic rings. The van der Waals surface area contributed by atoms with Crippen molar-refractivity contribution < 1.29 is 27.4 Å². The molecule has 0 atom stereocenters. The molecule has 9 heteroatoms. The fraction of sp³-hybridized carbons (Fsp3) is 0.364. The highest BCUT2D eigenvalue weighted by Gasteiger charge is 2.42. The molecule has 0 aliphatic heterocycles. The zero-order valence-corrected chi connectivity index (χ0v) is 18.3. The van der Waals surface area contributed by atoms with Crippen molar-refractivity contribution in [1.82, 2.24) is 9.55 Å². The second kappa shape index (κ2) is 8.78. The lowest BCUT2D eigenvalue weighted by molar-refractivity contribution is -0.189. The van der Waals surface area contributed by atoms with E-state index >= 15 is 0 Å². The molecule has 0 aliphatic carbocycles. The maximum atomic E-state index is 12.8. The molecule has 0 radical (unpaired) electrons. The van der Waals surface area contributed by atoms with E-state index in [0.29, 0.717) is 28.0 Å². The molecule has 166 valence electrons. The lowest BCUT2D eigenvalue weighted by atomic mass is 10.2. The Morgan fingerprint density at radius 1 is 1.19 bits per heavy atom. The number of pyridine rings is 1. The van der Waals surface area contributed by atoms with Gasteiger partial charge in [0.2, 0.25) is 5.88 Å². The van der Waals surface area contributed by atoms with Crippen LogP contribution in [0.15, 0.2) is 30.5 Å². The quantitative estimate of drug-likeness (QED) is 0.428. The van der Waals surface area contributed by atoms with E-state index < -0.39 is 12.1 Å². The van der Waals surface area contributed by atoms with Crippen LogP contribution in [0.4, 0.5) is 13.2 Å². The Kier molecular flexibility index (Phi) is 6.50. The van der Waals surface area contributed by atoms with Crippen molar-refractivity contribution in [2.24, 2.45) is 5.92 Å². The summed E-state index contributed by atoms with van der Waals surface area (Å²) >= 11 is 5.91. The van der Waals surface area contributed by atoms with Gasteiger partial charge in [-0.3, -0.25) is 0 Å². The highest BCUT2D eigenvalue weighted by Crippen LogP contribution is 2.38. The van der Waals surface area contributed by atoms with E-state index in [2.05, 4.69) is 9.72 Å². The molecule has 2 aromatic heterocycles. The van der Waals surface area contributed by atoms with Crippen LogP contribution in [0.5, 0.6) is 11.6 Å². The third-order valence-electron chi connectivity index (χ3n) is 4.85. The van der Waals surface area contributed by atoms with Crippen LogP contribution in [-0.2, 0) is 17.9 Å². The topological polar surface area (TPSA) is 53.4 Å². The van der Waals surface area contributed by atoms with Crippen molar-refractivity contribution in [3.05, 3.63) is 52.3 Å². The number of benzene rings is 1. The molecule has 3 rings (SSSR count). The number of esters is 1. The summed E-state index contributed by atoms with van der Waals surface area (Å²) in [5.41, 5.74) is 2.86. The summed E-state index contributed by atoms with van der Waals surface area (Å²) in [6.45, 7) is 8.45. The molecule has 5 nitrogen and oxygen atoms in total. The maximum absolute atomic E-state index is 12.8. The first kappa shape index (κ1) is 22.9. The van der Waals surface area contributed by atoms with Gasteiger partial charge in [-0.15, -0.1) is 0 Å². The van der Waals surface area contributed by atoms with E-state index in [1.165, 1.54) is 0 Å². The van der Waals surface area contributed by atoms with Crippen LogP contribution in [-0.4, -0.2) is 21.7 Å². The molecular weight excluding hydrogens is 433 g/mol. The van der Waals surface area contributed by atoms with Crippen LogP contribution >= 0.6 is 11.6 Å². The van der Waals surface area contributed by atoms with E-state index in [4.69, 9.17) is 16.3 Å². The number of hydrogen-bond acceptors (Lipinski definition) is 4. The first-order valence-corrected chi connectivity index (χ1v) is 10.0. The molecule has 31 heavy (non-hydrogen) atoms. The normalized spacial score (nSPS) is 11.9. The molecule has 0 unspecified atom stereocenters. The van der Waals surface area contributed by atoms with Gasteiger partial charge >= 0.3 is 12.1 Å². The van der Waals surface area contributed by atoms with Gasteiger partial charge in [0, 0.05) is 17.3 Å². The molecular formula is C22H22ClF3N2O3. The number of ether oxygens (including phenoxy) is 2. The first-order chi connectivity index (χ1) is 14.5. The van der Waals surface area contributed by atoms with Gasteiger partial charge in [0.1, 0.15) is 12.1 Å². The van der Waals surface area contributed by atoms with Crippen molar-refractivity contribution in [2.75, 3.05) is 0 Å². The number of carbonyl (C=O) groups is 1. The molecule has 0 N–H and O–H groups in total. The number of fused-ring (bicyclic) bond motifs is 1. The minimum atomic E-state index is -5.11. The van der Waals surface area contributed by atoms with Crippen LogP contribution < -0.4 is 9.47 Å².